The van der Waals surface area contributed by atoms with Crippen LogP contribution >= 0.6 is 0 Å². The Morgan fingerprint density at radius 3 is 1.90 bits per heavy atom. The topological polar surface area (TPSA) is 29.1 Å². The van der Waals surface area contributed by atoms with E-state index in [1.54, 1.807) is 0 Å². The van der Waals surface area contributed by atoms with Crippen molar-refractivity contribution >= 4 is 11.4 Å². The number of rotatable bonds is 5. The van der Waals surface area contributed by atoms with Gasteiger partial charge >= 0.3 is 0 Å². The van der Waals surface area contributed by atoms with E-state index in [1.807, 2.05) is 80.7 Å². The van der Waals surface area contributed by atoms with Gasteiger partial charge in [-0.3, -0.25) is 4.79 Å². The van der Waals surface area contributed by atoms with Crippen molar-refractivity contribution in [3.8, 4) is 0 Å². The number of benzene rings is 2. The van der Waals surface area contributed by atoms with Crippen LogP contribution in [0.25, 0.3) is 5.57 Å². The number of carbonyl (C=O) groups excluding carboxylic acids is 1. The van der Waals surface area contributed by atoms with E-state index >= 15 is 0 Å². The molecule has 20 heavy (non-hydrogen) atoms. The molecule has 0 unspecified atom stereocenters. The largest absolute Gasteiger partial charge is 0.388 e. The van der Waals surface area contributed by atoms with Gasteiger partial charge in [0.05, 0.1) is 0 Å². The molecule has 0 fully saturated rings. The molecule has 0 amide bonds. The number of ketones is 1. The average Bonchev–Trinajstić information content (AvgIpc) is 2.49. The zero-order valence-corrected chi connectivity index (χ0v) is 11.8. The molecule has 2 aromatic carbocycles. The number of hydrogen-bond acceptors (Lipinski definition) is 2. The minimum Gasteiger partial charge on any atom is -0.388 e. The summed E-state index contributed by atoms with van der Waals surface area (Å²) in [6.07, 6.45) is 1.81. The molecule has 102 valence electrons. The summed E-state index contributed by atoms with van der Waals surface area (Å²) in [5.74, 6) is 0.0324. The smallest absolute Gasteiger partial charge is 0.195 e. The Morgan fingerprint density at radius 2 is 1.40 bits per heavy atom. The molecule has 0 aliphatic heterocycles. The first kappa shape index (κ1) is 14.1. The molecule has 0 aromatic heterocycles. The molecule has 0 aliphatic carbocycles. The molecule has 2 aromatic rings. The van der Waals surface area contributed by atoms with Crippen molar-refractivity contribution < 1.29 is 4.79 Å². The molecular formula is C18H19NO. The van der Waals surface area contributed by atoms with Crippen LogP contribution in [0.2, 0.25) is 0 Å². The fourth-order valence-electron chi connectivity index (χ4n) is 1.89. The summed E-state index contributed by atoms with van der Waals surface area (Å²) < 4.78 is 0. The van der Waals surface area contributed by atoms with E-state index in [-0.39, 0.29) is 11.8 Å². The molecule has 0 spiro atoms. The molecule has 2 rings (SSSR count). The first-order valence-corrected chi connectivity index (χ1v) is 6.80. The zero-order valence-electron chi connectivity index (χ0n) is 11.8. The third-order valence-corrected chi connectivity index (χ3v) is 2.93. The highest BCUT2D eigenvalue weighted by atomic mass is 16.1. The standard InChI is InChI=1S/C18H19NO/c1-14(2)19-13-17(15-9-5-3-6-10-15)18(20)16-11-7-4-8-12-16/h3-14,19H,1-2H3. The van der Waals surface area contributed by atoms with Gasteiger partial charge in [-0.25, -0.2) is 0 Å². The fraction of sp³-hybridized carbons (Fsp3) is 0.167. The van der Waals surface area contributed by atoms with Gasteiger partial charge in [-0.15, -0.1) is 0 Å². The van der Waals surface area contributed by atoms with Gasteiger partial charge in [-0.1, -0.05) is 60.7 Å². The molecule has 0 aliphatic rings. The maximum absolute atomic E-state index is 12.6. The number of hydrogen-bond donors (Lipinski definition) is 1. The van der Waals surface area contributed by atoms with Crippen LogP contribution in [0.1, 0.15) is 29.8 Å². The van der Waals surface area contributed by atoms with E-state index in [1.165, 1.54) is 0 Å². The highest BCUT2D eigenvalue weighted by Crippen LogP contribution is 2.19. The van der Waals surface area contributed by atoms with Crippen molar-refractivity contribution in [1.82, 2.24) is 5.32 Å². The van der Waals surface area contributed by atoms with E-state index in [0.717, 1.165) is 5.56 Å². The maximum atomic E-state index is 12.6. The lowest BCUT2D eigenvalue weighted by molar-refractivity contribution is 0.105. The summed E-state index contributed by atoms with van der Waals surface area (Å²) in [5, 5.41) is 3.21. The number of allylic oxidation sites excluding steroid dienone is 1. The number of Topliss-reactive ketones (excluding diaryl/α,β-unsaturated/α-hetero) is 1. The predicted molar refractivity (Wildman–Crippen MR) is 83.5 cm³/mol. The monoisotopic (exact) mass is 265 g/mol. The summed E-state index contributed by atoms with van der Waals surface area (Å²) in [4.78, 5) is 12.6. The van der Waals surface area contributed by atoms with Gasteiger partial charge in [0.15, 0.2) is 5.78 Å². The normalized spacial score (nSPS) is 11.4. The number of carbonyl (C=O) groups is 1. The molecule has 1 N–H and O–H groups in total. The van der Waals surface area contributed by atoms with E-state index in [4.69, 9.17) is 0 Å². The van der Waals surface area contributed by atoms with Crippen molar-refractivity contribution in [3.63, 3.8) is 0 Å². The van der Waals surface area contributed by atoms with Crippen LogP contribution in [0.3, 0.4) is 0 Å². The van der Waals surface area contributed by atoms with E-state index in [0.29, 0.717) is 11.1 Å². The highest BCUT2D eigenvalue weighted by molar-refractivity contribution is 6.28. The Balaban J connectivity index is 2.37. The lowest BCUT2D eigenvalue weighted by atomic mass is 9.97. The maximum Gasteiger partial charge on any atom is 0.195 e. The first-order valence-electron chi connectivity index (χ1n) is 6.80. The lowest BCUT2D eigenvalue weighted by Crippen LogP contribution is -2.18. The third-order valence-electron chi connectivity index (χ3n) is 2.93. The van der Waals surface area contributed by atoms with Crippen LogP contribution in [0.15, 0.2) is 66.9 Å². The van der Waals surface area contributed by atoms with Gasteiger partial charge in [0.1, 0.15) is 0 Å². The summed E-state index contributed by atoms with van der Waals surface area (Å²) in [5.41, 5.74) is 2.31. The minimum absolute atomic E-state index is 0.0324. The van der Waals surface area contributed by atoms with Crippen LogP contribution in [0.5, 0.6) is 0 Å². The summed E-state index contributed by atoms with van der Waals surface area (Å²) in [7, 11) is 0. The summed E-state index contributed by atoms with van der Waals surface area (Å²) >= 11 is 0. The van der Waals surface area contributed by atoms with Gasteiger partial charge < -0.3 is 5.32 Å². The van der Waals surface area contributed by atoms with Crippen molar-refractivity contribution in [2.24, 2.45) is 0 Å². The van der Waals surface area contributed by atoms with Gasteiger partial charge in [-0.2, -0.15) is 0 Å². The van der Waals surface area contributed by atoms with Gasteiger partial charge in [0, 0.05) is 23.4 Å². The van der Waals surface area contributed by atoms with E-state index in [9.17, 15) is 4.79 Å². The van der Waals surface area contributed by atoms with Crippen molar-refractivity contribution in [2.45, 2.75) is 19.9 Å². The van der Waals surface area contributed by atoms with Gasteiger partial charge in [0.25, 0.3) is 0 Å². The Morgan fingerprint density at radius 1 is 0.900 bits per heavy atom. The second-order valence-corrected chi connectivity index (χ2v) is 4.94. The third kappa shape index (κ3) is 3.58. The van der Waals surface area contributed by atoms with Gasteiger partial charge in [0.2, 0.25) is 0 Å². The second kappa shape index (κ2) is 6.71. The van der Waals surface area contributed by atoms with Crippen LogP contribution in [-0.4, -0.2) is 11.8 Å². The number of nitrogens with one attached hydrogen (secondary N) is 1. The summed E-state index contributed by atoms with van der Waals surface area (Å²) in [6, 6.07) is 19.4. The fourth-order valence-corrected chi connectivity index (χ4v) is 1.89. The van der Waals surface area contributed by atoms with Crippen molar-refractivity contribution in [1.29, 1.82) is 0 Å². The predicted octanol–water partition coefficient (Wildman–Crippen LogP) is 3.91. The molecule has 0 saturated carbocycles. The Bertz CT molecular complexity index is 585. The second-order valence-electron chi connectivity index (χ2n) is 4.94. The molecule has 0 atom stereocenters. The Hall–Kier alpha value is -2.35. The Labute approximate surface area is 120 Å². The molecule has 0 saturated heterocycles. The van der Waals surface area contributed by atoms with Crippen LogP contribution < -0.4 is 5.32 Å². The van der Waals surface area contributed by atoms with Gasteiger partial charge in [-0.05, 0) is 19.4 Å². The molecule has 2 heteroatoms. The van der Waals surface area contributed by atoms with Crippen molar-refractivity contribution in [3.05, 3.63) is 78.0 Å². The minimum atomic E-state index is 0.0324. The SMILES string of the molecule is CC(C)NC=C(C(=O)c1ccccc1)c1ccccc1. The van der Waals surface area contributed by atoms with E-state index < -0.39 is 0 Å². The summed E-state index contributed by atoms with van der Waals surface area (Å²) in [6.45, 7) is 4.10. The average molecular weight is 265 g/mol. The molecule has 0 radical (unpaired) electrons. The molecule has 0 heterocycles. The molecular weight excluding hydrogens is 246 g/mol. The van der Waals surface area contributed by atoms with E-state index in [2.05, 4.69) is 5.32 Å². The zero-order chi connectivity index (χ0) is 14.4. The quantitative estimate of drug-likeness (QED) is 0.656. The Kier molecular flexibility index (Phi) is 4.72. The highest BCUT2D eigenvalue weighted by Gasteiger charge is 2.13. The van der Waals surface area contributed by atoms with Crippen molar-refractivity contribution in [2.75, 3.05) is 0 Å². The van der Waals surface area contributed by atoms with Crippen LogP contribution in [0.4, 0.5) is 0 Å². The molecule has 0 bridgehead atoms. The lowest BCUT2D eigenvalue weighted by Gasteiger charge is -2.10. The first-order chi connectivity index (χ1) is 9.68. The van der Waals surface area contributed by atoms with Crippen LogP contribution in [0, 0.1) is 0 Å². The van der Waals surface area contributed by atoms with Crippen LogP contribution in [-0.2, 0) is 0 Å². The molecule has 2 nitrogen and oxygen atoms in total.